The van der Waals surface area contributed by atoms with Crippen molar-refractivity contribution in [3.63, 3.8) is 0 Å². The number of hydrogen-bond acceptors (Lipinski definition) is 2. The molecule has 2 radical (unpaired) electrons. The predicted molar refractivity (Wildman–Crippen MR) is 48.3 cm³/mol. The van der Waals surface area contributed by atoms with Crippen molar-refractivity contribution in [2.45, 2.75) is 6.92 Å². The first-order chi connectivity index (χ1) is 5.74. The van der Waals surface area contributed by atoms with Crippen molar-refractivity contribution < 1.29 is 0 Å². The summed E-state index contributed by atoms with van der Waals surface area (Å²) in [6, 6.07) is 7.70. The number of rotatable bonds is 1. The van der Waals surface area contributed by atoms with Crippen LogP contribution in [0.1, 0.15) is 11.4 Å². The van der Waals surface area contributed by atoms with Gasteiger partial charge in [-0.3, -0.25) is 0 Å². The molecule has 0 saturated carbocycles. The number of aryl methyl sites for hydroxylation is 1. The minimum atomic E-state index is 0.841. The Morgan fingerprint density at radius 3 is 3.00 bits per heavy atom. The third-order valence-corrected chi connectivity index (χ3v) is 2.10. The molecule has 58 valence electrons. The minimum absolute atomic E-state index is 0.841. The van der Waals surface area contributed by atoms with Crippen LogP contribution in [0.2, 0.25) is 0 Å². The molecule has 2 nitrogen and oxygen atoms in total. The molecule has 12 heavy (non-hydrogen) atoms. The van der Waals surface area contributed by atoms with Gasteiger partial charge in [0, 0.05) is 0 Å². The third kappa shape index (κ3) is 2.22. The van der Waals surface area contributed by atoms with Crippen LogP contribution in [0.25, 0.3) is 4.36 Å². The summed E-state index contributed by atoms with van der Waals surface area (Å²) in [5.41, 5.74) is 1.80. The Hall–Kier alpha value is -1.06. The Labute approximate surface area is 80.4 Å². The second kappa shape index (κ2) is 4.09. The van der Waals surface area contributed by atoms with Crippen LogP contribution in [0, 0.1) is 18.3 Å². The van der Waals surface area contributed by atoms with Crippen molar-refractivity contribution >= 4 is 21.2 Å². The molecule has 0 spiro atoms. The fourth-order valence-electron chi connectivity index (χ4n) is 0.821. The van der Waals surface area contributed by atoms with Gasteiger partial charge in [-0.1, -0.05) is 0 Å². The van der Waals surface area contributed by atoms with E-state index >= 15 is 0 Å². The van der Waals surface area contributed by atoms with E-state index in [0.717, 1.165) is 15.7 Å². The molecule has 3 heteroatoms. The first kappa shape index (κ1) is 9.03. The standard InChI is InChI=1S/C9H7AsN2/c1-7-3-2-4-9(12-7)8(10)5-6-11/h2-5H,1H3. The zero-order chi connectivity index (χ0) is 8.97. The second-order valence-corrected chi connectivity index (χ2v) is 3.33. The summed E-state index contributed by atoms with van der Waals surface area (Å²) in [5.74, 6) is 0. The summed E-state index contributed by atoms with van der Waals surface area (Å²) in [6.07, 6.45) is 1.47. The van der Waals surface area contributed by atoms with Gasteiger partial charge in [0.1, 0.15) is 0 Å². The fourth-order valence-corrected chi connectivity index (χ4v) is 1.20. The van der Waals surface area contributed by atoms with Crippen LogP contribution in [-0.4, -0.2) is 21.8 Å². The molecule has 1 rings (SSSR count). The molecule has 0 fully saturated rings. The Kier molecular flexibility index (Phi) is 3.08. The average Bonchev–Trinajstić information content (AvgIpc) is 2.05. The van der Waals surface area contributed by atoms with Crippen LogP contribution in [0.3, 0.4) is 0 Å². The van der Waals surface area contributed by atoms with Crippen LogP contribution in [0.15, 0.2) is 24.3 Å². The number of nitriles is 1. The molecular weight excluding hydrogens is 211 g/mol. The Balaban J connectivity index is 3.05. The zero-order valence-corrected chi connectivity index (χ0v) is 8.53. The van der Waals surface area contributed by atoms with E-state index in [9.17, 15) is 0 Å². The van der Waals surface area contributed by atoms with E-state index in [1.807, 2.05) is 31.2 Å². The summed E-state index contributed by atoms with van der Waals surface area (Å²) in [5, 5.41) is 8.40. The molecule has 0 aromatic carbocycles. The van der Waals surface area contributed by atoms with Gasteiger partial charge >= 0.3 is 80.1 Å². The molecule has 0 N–H and O–H groups in total. The van der Waals surface area contributed by atoms with Gasteiger partial charge in [-0.15, -0.1) is 0 Å². The first-order valence-electron chi connectivity index (χ1n) is 3.47. The average molecular weight is 218 g/mol. The molecular formula is C9H7AsN2. The molecule has 0 unspecified atom stereocenters. The van der Waals surface area contributed by atoms with Gasteiger partial charge in [-0.05, 0) is 0 Å². The quantitative estimate of drug-likeness (QED) is 0.528. The number of pyridine rings is 1. The van der Waals surface area contributed by atoms with Gasteiger partial charge in [0.2, 0.25) is 0 Å². The van der Waals surface area contributed by atoms with E-state index in [1.54, 1.807) is 0 Å². The van der Waals surface area contributed by atoms with E-state index in [4.69, 9.17) is 5.26 Å². The normalized spacial score (nSPS) is 10.9. The Morgan fingerprint density at radius 1 is 1.67 bits per heavy atom. The van der Waals surface area contributed by atoms with Crippen molar-refractivity contribution in [3.8, 4) is 6.07 Å². The van der Waals surface area contributed by atoms with E-state index in [-0.39, 0.29) is 0 Å². The molecule has 0 atom stereocenters. The number of nitrogens with zero attached hydrogens (tertiary/aromatic N) is 2. The molecule has 0 aliphatic carbocycles. The molecule has 1 aromatic heterocycles. The molecule has 0 amide bonds. The second-order valence-electron chi connectivity index (χ2n) is 2.32. The summed E-state index contributed by atoms with van der Waals surface area (Å²) < 4.78 is 0.841. The summed E-state index contributed by atoms with van der Waals surface area (Å²) in [4.78, 5) is 4.26. The van der Waals surface area contributed by atoms with Crippen LogP contribution in [0.4, 0.5) is 0 Å². The van der Waals surface area contributed by atoms with Crippen molar-refractivity contribution in [2.24, 2.45) is 0 Å². The summed E-state index contributed by atoms with van der Waals surface area (Å²) in [6.45, 7) is 1.93. The van der Waals surface area contributed by atoms with Gasteiger partial charge in [0.25, 0.3) is 0 Å². The topological polar surface area (TPSA) is 36.7 Å². The Morgan fingerprint density at radius 2 is 2.42 bits per heavy atom. The van der Waals surface area contributed by atoms with Crippen molar-refractivity contribution in [2.75, 3.05) is 0 Å². The molecule has 1 heterocycles. The maximum atomic E-state index is 8.40. The molecule has 0 aliphatic rings. The van der Waals surface area contributed by atoms with E-state index in [2.05, 4.69) is 21.8 Å². The molecule has 1 aromatic rings. The molecule has 0 aliphatic heterocycles. The van der Waals surface area contributed by atoms with E-state index in [0.29, 0.717) is 0 Å². The van der Waals surface area contributed by atoms with Crippen molar-refractivity contribution in [3.05, 3.63) is 35.7 Å². The van der Waals surface area contributed by atoms with Crippen molar-refractivity contribution in [1.82, 2.24) is 4.98 Å². The van der Waals surface area contributed by atoms with Gasteiger partial charge in [0.15, 0.2) is 0 Å². The zero-order valence-electron chi connectivity index (χ0n) is 6.65. The van der Waals surface area contributed by atoms with Gasteiger partial charge < -0.3 is 0 Å². The van der Waals surface area contributed by atoms with Gasteiger partial charge in [-0.25, -0.2) is 0 Å². The van der Waals surface area contributed by atoms with Gasteiger partial charge in [-0.2, -0.15) is 0 Å². The first-order valence-corrected chi connectivity index (χ1v) is 4.40. The summed E-state index contributed by atoms with van der Waals surface area (Å²) in [7, 11) is 0. The number of hydrogen-bond donors (Lipinski definition) is 0. The Bertz CT molecular complexity index is 350. The fraction of sp³-hybridized carbons (Fsp3) is 0.111. The van der Waals surface area contributed by atoms with Crippen LogP contribution < -0.4 is 0 Å². The van der Waals surface area contributed by atoms with Crippen LogP contribution in [0.5, 0.6) is 0 Å². The molecule has 0 bridgehead atoms. The van der Waals surface area contributed by atoms with Gasteiger partial charge in [0.05, 0.1) is 0 Å². The monoisotopic (exact) mass is 218 g/mol. The SMILES string of the molecule is Cc1cccc(C([As])=CC#N)n1. The van der Waals surface area contributed by atoms with Crippen molar-refractivity contribution in [1.29, 1.82) is 5.26 Å². The number of aromatic nitrogens is 1. The predicted octanol–water partition coefficient (Wildman–Crippen LogP) is 1.42. The van der Waals surface area contributed by atoms with E-state index < -0.39 is 0 Å². The van der Waals surface area contributed by atoms with Crippen LogP contribution in [-0.2, 0) is 0 Å². The van der Waals surface area contributed by atoms with E-state index in [1.165, 1.54) is 6.08 Å². The maximum absolute atomic E-state index is 8.40. The third-order valence-electron chi connectivity index (χ3n) is 1.35. The number of allylic oxidation sites excluding steroid dienone is 1. The summed E-state index contributed by atoms with van der Waals surface area (Å²) >= 11 is 2.34. The molecule has 0 saturated heterocycles. The van der Waals surface area contributed by atoms with Crippen LogP contribution >= 0.6 is 0 Å².